The highest BCUT2D eigenvalue weighted by Gasteiger charge is 2.17. The summed E-state index contributed by atoms with van der Waals surface area (Å²) in [6, 6.07) is 17.8. The first kappa shape index (κ1) is 22.1. The molecule has 3 aromatic rings. The Bertz CT molecular complexity index is 976. The highest BCUT2D eigenvalue weighted by Crippen LogP contribution is 2.22. The molecule has 5 nitrogen and oxygen atoms in total. The average molecular weight is 474 g/mol. The van der Waals surface area contributed by atoms with Gasteiger partial charge in [0.05, 0.1) is 12.2 Å². The number of nitrogens with zero attached hydrogens (tertiary/aromatic N) is 2. The summed E-state index contributed by atoms with van der Waals surface area (Å²) < 4.78 is 21.5. The van der Waals surface area contributed by atoms with E-state index in [1.54, 1.807) is 18.1 Å². The minimum absolute atomic E-state index is 0.184. The molecular formula is C23H25BrFN3O2. The number of amides is 2. The molecule has 2 aromatic carbocycles. The number of hydrogen-bond donors (Lipinski definition) is 1. The van der Waals surface area contributed by atoms with Crippen molar-refractivity contribution in [3.8, 4) is 0 Å². The van der Waals surface area contributed by atoms with Gasteiger partial charge in [-0.15, -0.1) is 0 Å². The van der Waals surface area contributed by atoms with E-state index in [9.17, 15) is 9.18 Å². The lowest BCUT2D eigenvalue weighted by molar-refractivity contribution is 0.171. The van der Waals surface area contributed by atoms with Crippen molar-refractivity contribution in [3.05, 3.63) is 88.4 Å². The van der Waals surface area contributed by atoms with Gasteiger partial charge in [-0.2, -0.15) is 0 Å². The Morgan fingerprint density at radius 3 is 2.77 bits per heavy atom. The van der Waals surface area contributed by atoms with E-state index in [1.807, 2.05) is 53.2 Å². The standard InChI is InChI=1S/C23H25BrFN3O2/c1-30-14-6-13-28(23(29)26-22-11-3-2-10-21(22)24)17-20-9-5-12-27(20)16-18-7-4-8-19(25)15-18/h2-5,7-12,15H,6,13-14,16-17H2,1H3,(H,26,29). The highest BCUT2D eigenvalue weighted by molar-refractivity contribution is 9.10. The number of carbonyl (C=O) groups excluding carboxylic acids is 1. The molecule has 0 fully saturated rings. The van der Waals surface area contributed by atoms with E-state index in [0.29, 0.717) is 26.2 Å². The molecule has 0 radical (unpaired) electrons. The molecule has 1 heterocycles. The molecule has 158 valence electrons. The maximum Gasteiger partial charge on any atom is 0.322 e. The van der Waals surface area contributed by atoms with E-state index in [4.69, 9.17) is 4.74 Å². The van der Waals surface area contributed by atoms with Crippen LogP contribution in [0.3, 0.4) is 0 Å². The lowest BCUT2D eigenvalue weighted by Gasteiger charge is -2.24. The van der Waals surface area contributed by atoms with Gasteiger partial charge in [0.25, 0.3) is 0 Å². The maximum absolute atomic E-state index is 13.5. The van der Waals surface area contributed by atoms with Crippen LogP contribution in [0.4, 0.5) is 14.9 Å². The fraction of sp³-hybridized carbons (Fsp3) is 0.261. The van der Waals surface area contributed by atoms with Crippen molar-refractivity contribution in [1.82, 2.24) is 9.47 Å². The van der Waals surface area contributed by atoms with E-state index in [0.717, 1.165) is 27.8 Å². The molecule has 0 atom stereocenters. The third-order valence-electron chi connectivity index (χ3n) is 4.70. The van der Waals surface area contributed by atoms with Gasteiger partial charge >= 0.3 is 6.03 Å². The number of halogens is 2. The first-order valence-corrected chi connectivity index (χ1v) is 10.5. The fourth-order valence-electron chi connectivity index (χ4n) is 3.18. The highest BCUT2D eigenvalue weighted by atomic mass is 79.9. The van der Waals surface area contributed by atoms with Crippen molar-refractivity contribution in [2.45, 2.75) is 19.5 Å². The molecular weight excluding hydrogens is 449 g/mol. The summed E-state index contributed by atoms with van der Waals surface area (Å²) in [6.45, 7) is 2.10. The molecule has 0 saturated carbocycles. The van der Waals surface area contributed by atoms with E-state index in [-0.39, 0.29) is 11.8 Å². The summed E-state index contributed by atoms with van der Waals surface area (Å²) in [5.41, 5.74) is 2.56. The van der Waals surface area contributed by atoms with E-state index >= 15 is 0 Å². The number of rotatable bonds is 9. The van der Waals surface area contributed by atoms with Crippen molar-refractivity contribution in [1.29, 1.82) is 0 Å². The largest absolute Gasteiger partial charge is 0.385 e. The summed E-state index contributed by atoms with van der Waals surface area (Å²) >= 11 is 3.46. The summed E-state index contributed by atoms with van der Waals surface area (Å²) in [5.74, 6) is -0.254. The van der Waals surface area contributed by atoms with Gasteiger partial charge in [-0.25, -0.2) is 9.18 Å². The molecule has 0 aliphatic heterocycles. The molecule has 0 aliphatic carbocycles. The number of ether oxygens (including phenoxy) is 1. The average Bonchev–Trinajstić information content (AvgIpc) is 3.15. The molecule has 1 aromatic heterocycles. The monoisotopic (exact) mass is 473 g/mol. The van der Waals surface area contributed by atoms with Crippen LogP contribution < -0.4 is 5.32 Å². The Balaban J connectivity index is 1.74. The minimum Gasteiger partial charge on any atom is -0.385 e. The smallest absolute Gasteiger partial charge is 0.322 e. The van der Waals surface area contributed by atoms with Gasteiger partial charge in [0.15, 0.2) is 0 Å². The molecule has 7 heteroatoms. The van der Waals surface area contributed by atoms with Crippen LogP contribution >= 0.6 is 15.9 Å². The van der Waals surface area contributed by atoms with Gasteiger partial charge in [0, 0.05) is 43.2 Å². The first-order chi connectivity index (χ1) is 14.6. The first-order valence-electron chi connectivity index (χ1n) is 9.74. The van der Waals surface area contributed by atoms with Crippen molar-refractivity contribution >= 4 is 27.6 Å². The van der Waals surface area contributed by atoms with Crippen LogP contribution in [0.1, 0.15) is 17.7 Å². The summed E-state index contributed by atoms with van der Waals surface area (Å²) in [7, 11) is 1.65. The number of nitrogens with one attached hydrogen (secondary N) is 1. The summed E-state index contributed by atoms with van der Waals surface area (Å²) in [4.78, 5) is 14.8. The van der Waals surface area contributed by atoms with E-state index < -0.39 is 0 Å². The number of para-hydroxylation sites is 1. The molecule has 30 heavy (non-hydrogen) atoms. The van der Waals surface area contributed by atoms with Crippen LogP contribution in [-0.2, 0) is 17.8 Å². The van der Waals surface area contributed by atoms with E-state index in [2.05, 4.69) is 21.2 Å². The predicted octanol–water partition coefficient (Wildman–Crippen LogP) is 5.51. The van der Waals surface area contributed by atoms with Crippen molar-refractivity contribution in [2.24, 2.45) is 0 Å². The number of methoxy groups -OCH3 is 1. The Hall–Kier alpha value is -2.64. The number of benzene rings is 2. The van der Waals surface area contributed by atoms with Gasteiger partial charge in [0.1, 0.15) is 5.82 Å². The Morgan fingerprint density at radius 1 is 1.17 bits per heavy atom. The van der Waals surface area contributed by atoms with Gasteiger partial charge < -0.3 is 19.5 Å². The third-order valence-corrected chi connectivity index (χ3v) is 5.39. The zero-order valence-corrected chi connectivity index (χ0v) is 18.4. The number of carbonyl (C=O) groups is 1. The lowest BCUT2D eigenvalue weighted by atomic mass is 10.2. The number of hydrogen-bond acceptors (Lipinski definition) is 2. The number of anilines is 1. The van der Waals surface area contributed by atoms with Crippen LogP contribution in [0.15, 0.2) is 71.3 Å². The van der Waals surface area contributed by atoms with Crippen molar-refractivity contribution in [2.75, 3.05) is 25.6 Å². The molecule has 0 spiro atoms. The van der Waals surface area contributed by atoms with Gasteiger partial charge in [-0.05, 0) is 64.3 Å². The topological polar surface area (TPSA) is 46.5 Å². The van der Waals surface area contributed by atoms with Gasteiger partial charge in [-0.1, -0.05) is 24.3 Å². The second kappa shape index (κ2) is 10.9. The van der Waals surface area contributed by atoms with Gasteiger partial charge in [0.2, 0.25) is 0 Å². The van der Waals surface area contributed by atoms with Crippen molar-refractivity contribution < 1.29 is 13.9 Å². The summed E-state index contributed by atoms with van der Waals surface area (Å²) in [5, 5.41) is 2.97. The normalized spacial score (nSPS) is 10.8. The minimum atomic E-state index is -0.254. The third kappa shape index (κ3) is 6.18. The SMILES string of the molecule is COCCCN(Cc1cccn1Cc1cccc(F)c1)C(=O)Nc1ccccc1Br. The Kier molecular flexibility index (Phi) is 8.04. The zero-order valence-electron chi connectivity index (χ0n) is 16.9. The predicted molar refractivity (Wildman–Crippen MR) is 120 cm³/mol. The Morgan fingerprint density at radius 2 is 2.00 bits per heavy atom. The molecule has 0 unspecified atom stereocenters. The molecule has 0 saturated heterocycles. The van der Waals surface area contributed by atoms with Crippen LogP contribution in [-0.4, -0.2) is 35.8 Å². The number of urea groups is 1. The second-order valence-electron chi connectivity index (χ2n) is 6.94. The molecule has 1 N–H and O–H groups in total. The molecule has 2 amide bonds. The molecule has 0 aliphatic rings. The summed E-state index contributed by atoms with van der Waals surface area (Å²) in [6.07, 6.45) is 2.67. The lowest BCUT2D eigenvalue weighted by Crippen LogP contribution is -2.36. The number of aromatic nitrogens is 1. The zero-order chi connectivity index (χ0) is 21.3. The van der Waals surface area contributed by atoms with Crippen LogP contribution in [0.2, 0.25) is 0 Å². The quantitative estimate of drug-likeness (QED) is 0.416. The molecule has 3 rings (SSSR count). The van der Waals surface area contributed by atoms with Crippen LogP contribution in [0, 0.1) is 5.82 Å². The Labute approximate surface area is 184 Å². The van der Waals surface area contributed by atoms with Crippen LogP contribution in [0.5, 0.6) is 0 Å². The maximum atomic E-state index is 13.5. The second-order valence-corrected chi connectivity index (χ2v) is 7.79. The molecule has 0 bridgehead atoms. The van der Waals surface area contributed by atoms with Crippen molar-refractivity contribution in [3.63, 3.8) is 0 Å². The van der Waals surface area contributed by atoms with E-state index in [1.165, 1.54) is 12.1 Å². The van der Waals surface area contributed by atoms with Gasteiger partial charge in [-0.3, -0.25) is 0 Å². The van der Waals surface area contributed by atoms with Crippen LogP contribution in [0.25, 0.3) is 0 Å². The fourth-order valence-corrected chi connectivity index (χ4v) is 3.57.